The van der Waals surface area contributed by atoms with Crippen molar-refractivity contribution in [3.05, 3.63) is 15.6 Å². The van der Waals surface area contributed by atoms with Gasteiger partial charge in [0.2, 0.25) is 0 Å². The summed E-state index contributed by atoms with van der Waals surface area (Å²) < 4.78 is 0. The van der Waals surface area contributed by atoms with Crippen LogP contribution >= 0.6 is 23.1 Å². The quantitative estimate of drug-likeness (QED) is 0.893. The SMILES string of the molecule is CCC(C)SCc1nc2c(s1)CCC2C(=O)O. The molecule has 1 aliphatic carbocycles. The highest BCUT2D eigenvalue weighted by Gasteiger charge is 2.32. The zero-order valence-corrected chi connectivity index (χ0v) is 11.7. The number of aryl methyl sites for hydroxylation is 1. The number of carboxylic acids is 1. The summed E-state index contributed by atoms with van der Waals surface area (Å²) in [4.78, 5) is 16.8. The van der Waals surface area contributed by atoms with Crippen LogP contribution in [0.4, 0.5) is 0 Å². The van der Waals surface area contributed by atoms with E-state index in [2.05, 4.69) is 18.8 Å². The smallest absolute Gasteiger partial charge is 0.312 e. The summed E-state index contributed by atoms with van der Waals surface area (Å²) in [6, 6.07) is 0. The molecule has 0 radical (unpaired) electrons. The fourth-order valence-corrected chi connectivity index (χ4v) is 4.02. The molecule has 94 valence electrons. The summed E-state index contributed by atoms with van der Waals surface area (Å²) in [7, 11) is 0. The van der Waals surface area contributed by atoms with Gasteiger partial charge in [-0.3, -0.25) is 4.79 Å². The van der Waals surface area contributed by atoms with E-state index < -0.39 is 5.97 Å². The molecule has 1 aromatic rings. The zero-order valence-electron chi connectivity index (χ0n) is 10.1. The van der Waals surface area contributed by atoms with Crippen molar-refractivity contribution >= 4 is 29.1 Å². The molecule has 0 saturated carbocycles. The minimum Gasteiger partial charge on any atom is -0.481 e. The molecule has 0 amide bonds. The molecule has 1 aromatic heterocycles. The largest absolute Gasteiger partial charge is 0.481 e. The van der Waals surface area contributed by atoms with Crippen molar-refractivity contribution in [3.8, 4) is 0 Å². The van der Waals surface area contributed by atoms with Gasteiger partial charge >= 0.3 is 5.97 Å². The molecule has 1 aliphatic rings. The van der Waals surface area contributed by atoms with Gasteiger partial charge in [0.25, 0.3) is 0 Å². The second-order valence-corrected chi connectivity index (χ2v) is 6.97. The minimum absolute atomic E-state index is 0.358. The molecular weight excluding hydrogens is 254 g/mol. The summed E-state index contributed by atoms with van der Waals surface area (Å²) in [5.41, 5.74) is 0.835. The van der Waals surface area contributed by atoms with E-state index in [4.69, 9.17) is 5.11 Å². The molecule has 0 bridgehead atoms. The van der Waals surface area contributed by atoms with Crippen molar-refractivity contribution in [2.24, 2.45) is 0 Å². The second kappa shape index (κ2) is 5.40. The lowest BCUT2D eigenvalue weighted by molar-refractivity contribution is -0.138. The third kappa shape index (κ3) is 2.83. The van der Waals surface area contributed by atoms with Crippen molar-refractivity contribution < 1.29 is 9.90 Å². The van der Waals surface area contributed by atoms with Gasteiger partial charge in [-0.25, -0.2) is 4.98 Å². The maximum Gasteiger partial charge on any atom is 0.312 e. The van der Waals surface area contributed by atoms with Crippen molar-refractivity contribution in [2.75, 3.05) is 0 Å². The molecule has 0 fully saturated rings. The molecule has 1 N–H and O–H groups in total. The Labute approximate surface area is 110 Å². The number of carbonyl (C=O) groups is 1. The van der Waals surface area contributed by atoms with Crippen LogP contribution in [0.3, 0.4) is 0 Å². The van der Waals surface area contributed by atoms with E-state index in [-0.39, 0.29) is 5.92 Å². The lowest BCUT2D eigenvalue weighted by Crippen LogP contribution is -2.08. The molecule has 0 spiro atoms. The molecule has 2 rings (SSSR count). The van der Waals surface area contributed by atoms with Gasteiger partial charge in [0, 0.05) is 15.9 Å². The Morgan fingerprint density at radius 1 is 1.71 bits per heavy atom. The predicted molar refractivity (Wildman–Crippen MR) is 71.9 cm³/mol. The van der Waals surface area contributed by atoms with E-state index in [1.807, 2.05) is 11.8 Å². The van der Waals surface area contributed by atoms with Gasteiger partial charge in [-0.1, -0.05) is 13.8 Å². The Bertz CT molecular complexity index is 417. The Morgan fingerprint density at radius 3 is 3.12 bits per heavy atom. The van der Waals surface area contributed by atoms with E-state index in [0.717, 1.165) is 35.7 Å². The van der Waals surface area contributed by atoms with Gasteiger partial charge in [-0.2, -0.15) is 11.8 Å². The maximum atomic E-state index is 11.0. The molecule has 2 unspecified atom stereocenters. The number of hydrogen-bond acceptors (Lipinski definition) is 4. The van der Waals surface area contributed by atoms with Gasteiger partial charge in [-0.05, 0) is 19.3 Å². The number of aromatic nitrogens is 1. The molecule has 0 aromatic carbocycles. The second-order valence-electron chi connectivity index (χ2n) is 4.38. The fraction of sp³-hybridized carbons (Fsp3) is 0.667. The number of rotatable bonds is 5. The molecule has 1 heterocycles. The number of nitrogens with zero attached hydrogens (tertiary/aromatic N) is 1. The van der Waals surface area contributed by atoms with E-state index in [1.165, 1.54) is 4.88 Å². The average Bonchev–Trinajstić information content (AvgIpc) is 2.84. The Morgan fingerprint density at radius 2 is 2.47 bits per heavy atom. The van der Waals surface area contributed by atoms with Crippen LogP contribution in [0.15, 0.2) is 0 Å². The Hall–Kier alpha value is -0.550. The molecular formula is C12H17NO2S2. The average molecular weight is 271 g/mol. The first-order chi connectivity index (χ1) is 8.11. The van der Waals surface area contributed by atoms with E-state index in [9.17, 15) is 4.79 Å². The van der Waals surface area contributed by atoms with E-state index in [1.54, 1.807) is 11.3 Å². The van der Waals surface area contributed by atoms with Gasteiger partial charge in [0.05, 0.1) is 5.69 Å². The molecule has 5 heteroatoms. The predicted octanol–water partition coefficient (Wildman–Crippen LogP) is 3.29. The molecule has 0 saturated heterocycles. The van der Waals surface area contributed by atoms with Crippen LogP contribution < -0.4 is 0 Å². The monoisotopic (exact) mass is 271 g/mol. The van der Waals surface area contributed by atoms with Crippen LogP contribution in [0.1, 0.15) is 48.2 Å². The van der Waals surface area contributed by atoms with Crippen LogP contribution in [-0.2, 0) is 17.0 Å². The third-order valence-electron chi connectivity index (χ3n) is 3.13. The highest BCUT2D eigenvalue weighted by molar-refractivity contribution is 7.99. The van der Waals surface area contributed by atoms with Gasteiger partial charge in [-0.15, -0.1) is 11.3 Å². The number of carboxylic acid groups (broad SMARTS) is 1. The minimum atomic E-state index is -0.727. The number of fused-ring (bicyclic) bond motifs is 1. The first-order valence-corrected chi connectivity index (χ1v) is 7.81. The Balaban J connectivity index is 2.03. The van der Waals surface area contributed by atoms with Crippen molar-refractivity contribution in [1.82, 2.24) is 4.98 Å². The lowest BCUT2D eigenvalue weighted by Gasteiger charge is -2.06. The lowest BCUT2D eigenvalue weighted by atomic mass is 10.1. The number of aliphatic carboxylic acids is 1. The Kier molecular flexibility index (Phi) is 4.09. The highest BCUT2D eigenvalue weighted by atomic mass is 32.2. The maximum absolute atomic E-state index is 11.0. The van der Waals surface area contributed by atoms with Crippen molar-refractivity contribution in [3.63, 3.8) is 0 Å². The molecule has 3 nitrogen and oxygen atoms in total. The van der Waals surface area contributed by atoms with Gasteiger partial charge < -0.3 is 5.11 Å². The molecule has 17 heavy (non-hydrogen) atoms. The van der Waals surface area contributed by atoms with Crippen LogP contribution in [0.2, 0.25) is 0 Å². The van der Waals surface area contributed by atoms with E-state index in [0.29, 0.717) is 5.25 Å². The molecule has 2 atom stereocenters. The summed E-state index contributed by atoms with van der Waals surface area (Å²) in [5, 5.41) is 10.8. The van der Waals surface area contributed by atoms with Gasteiger partial charge in [0.15, 0.2) is 0 Å². The van der Waals surface area contributed by atoms with Crippen molar-refractivity contribution in [1.29, 1.82) is 0 Å². The molecule has 0 aliphatic heterocycles. The van der Waals surface area contributed by atoms with Crippen LogP contribution in [0.25, 0.3) is 0 Å². The van der Waals surface area contributed by atoms with Crippen LogP contribution in [-0.4, -0.2) is 21.3 Å². The number of hydrogen-bond donors (Lipinski definition) is 1. The standard InChI is InChI=1S/C12H17NO2S2/c1-3-7(2)16-6-10-13-11-8(12(14)15)4-5-9(11)17-10/h7-8H,3-6H2,1-2H3,(H,14,15). The number of thiazole rings is 1. The van der Waals surface area contributed by atoms with E-state index >= 15 is 0 Å². The summed E-state index contributed by atoms with van der Waals surface area (Å²) in [6.07, 6.45) is 2.77. The van der Waals surface area contributed by atoms with Gasteiger partial charge in [0.1, 0.15) is 10.9 Å². The first-order valence-electron chi connectivity index (χ1n) is 5.94. The highest BCUT2D eigenvalue weighted by Crippen LogP contribution is 2.37. The van der Waals surface area contributed by atoms with Crippen LogP contribution in [0, 0.1) is 0 Å². The normalized spacial score (nSPS) is 20.2. The number of thioether (sulfide) groups is 1. The third-order valence-corrected chi connectivity index (χ3v) is 5.78. The fourth-order valence-electron chi connectivity index (χ4n) is 1.91. The summed E-state index contributed by atoms with van der Waals surface area (Å²) in [5.74, 6) is -0.169. The first kappa shape index (κ1) is 12.9. The zero-order chi connectivity index (χ0) is 12.4. The van der Waals surface area contributed by atoms with Crippen molar-refractivity contribution in [2.45, 2.75) is 50.0 Å². The summed E-state index contributed by atoms with van der Waals surface area (Å²) >= 11 is 3.60. The van der Waals surface area contributed by atoms with Crippen LogP contribution in [0.5, 0.6) is 0 Å². The summed E-state index contributed by atoms with van der Waals surface area (Å²) in [6.45, 7) is 4.39. The topological polar surface area (TPSA) is 50.2 Å².